The molecule has 2 rings (SSSR count). The van der Waals surface area contributed by atoms with Crippen LogP contribution in [0.4, 0.5) is 0 Å². The van der Waals surface area contributed by atoms with Gasteiger partial charge in [0.05, 0.1) is 6.61 Å². The lowest BCUT2D eigenvalue weighted by atomic mass is 10.0. The van der Waals surface area contributed by atoms with Gasteiger partial charge in [0.2, 0.25) is 0 Å². The van der Waals surface area contributed by atoms with E-state index in [0.29, 0.717) is 30.0 Å². The van der Waals surface area contributed by atoms with Gasteiger partial charge >= 0.3 is 0 Å². The molecular weight excluding hydrogens is 278 g/mol. The van der Waals surface area contributed by atoms with Crippen LogP contribution in [-0.4, -0.2) is 23.4 Å². The van der Waals surface area contributed by atoms with Gasteiger partial charge in [-0.1, -0.05) is 22.8 Å². The van der Waals surface area contributed by atoms with Gasteiger partial charge in [0.25, 0.3) is 5.89 Å². The highest BCUT2D eigenvalue weighted by Gasteiger charge is 2.28. The van der Waals surface area contributed by atoms with E-state index in [9.17, 15) is 0 Å². The van der Waals surface area contributed by atoms with E-state index in [4.69, 9.17) is 26.6 Å². The molecule has 0 aliphatic rings. The summed E-state index contributed by atoms with van der Waals surface area (Å²) in [5.41, 5.74) is 7.18. The molecule has 0 amide bonds. The number of halogens is 1. The summed E-state index contributed by atoms with van der Waals surface area (Å²) in [6.07, 6.45) is 0. The Bertz CT molecular complexity index is 596. The predicted molar refractivity (Wildman–Crippen MR) is 77.5 cm³/mol. The number of nitrogens with two attached hydrogens (primary N) is 1. The Morgan fingerprint density at radius 3 is 2.90 bits per heavy atom. The molecule has 1 unspecified atom stereocenters. The Morgan fingerprint density at radius 1 is 1.45 bits per heavy atom. The molecule has 108 valence electrons. The Labute approximate surface area is 123 Å². The SMILES string of the molecule is CCOCC(C)(N)c1noc(-c2cc(Cl)ccc2C)n1. The van der Waals surface area contributed by atoms with Gasteiger partial charge in [0.1, 0.15) is 5.54 Å². The topological polar surface area (TPSA) is 74.2 Å². The first-order valence-electron chi connectivity index (χ1n) is 6.41. The van der Waals surface area contributed by atoms with E-state index in [-0.39, 0.29) is 0 Å². The Kier molecular flexibility index (Phi) is 4.42. The van der Waals surface area contributed by atoms with Gasteiger partial charge in [-0.2, -0.15) is 4.98 Å². The first-order valence-corrected chi connectivity index (χ1v) is 6.79. The summed E-state index contributed by atoms with van der Waals surface area (Å²) in [6.45, 7) is 6.59. The number of rotatable bonds is 5. The predicted octanol–water partition coefficient (Wildman–Crippen LogP) is 2.91. The fourth-order valence-corrected chi connectivity index (χ4v) is 1.94. The molecule has 2 N–H and O–H groups in total. The second kappa shape index (κ2) is 5.91. The molecule has 1 aromatic heterocycles. The second-order valence-electron chi connectivity index (χ2n) is 4.94. The summed E-state index contributed by atoms with van der Waals surface area (Å²) in [5.74, 6) is 0.827. The van der Waals surface area contributed by atoms with Crippen molar-refractivity contribution < 1.29 is 9.26 Å². The minimum absolute atomic E-state index is 0.330. The van der Waals surface area contributed by atoms with E-state index in [0.717, 1.165) is 11.1 Å². The summed E-state index contributed by atoms with van der Waals surface area (Å²) in [5, 5.41) is 4.57. The first-order chi connectivity index (χ1) is 9.44. The fraction of sp³-hybridized carbons (Fsp3) is 0.429. The zero-order valence-electron chi connectivity index (χ0n) is 11.8. The van der Waals surface area contributed by atoms with Crippen LogP contribution < -0.4 is 5.73 Å². The van der Waals surface area contributed by atoms with Gasteiger partial charge in [-0.25, -0.2) is 0 Å². The summed E-state index contributed by atoms with van der Waals surface area (Å²) in [6, 6.07) is 5.52. The number of aromatic nitrogens is 2. The Hall–Kier alpha value is -1.43. The maximum atomic E-state index is 6.15. The lowest BCUT2D eigenvalue weighted by Crippen LogP contribution is -2.39. The van der Waals surface area contributed by atoms with E-state index < -0.39 is 5.54 Å². The zero-order chi connectivity index (χ0) is 14.8. The Balaban J connectivity index is 2.31. The van der Waals surface area contributed by atoms with Crippen LogP contribution >= 0.6 is 11.6 Å². The van der Waals surface area contributed by atoms with Crippen molar-refractivity contribution in [3.63, 3.8) is 0 Å². The molecule has 0 radical (unpaired) electrons. The van der Waals surface area contributed by atoms with Gasteiger partial charge in [0.15, 0.2) is 5.82 Å². The smallest absolute Gasteiger partial charge is 0.258 e. The van der Waals surface area contributed by atoms with Crippen molar-refractivity contribution >= 4 is 11.6 Å². The lowest BCUT2D eigenvalue weighted by Gasteiger charge is -2.19. The molecule has 0 aliphatic heterocycles. The molecule has 5 nitrogen and oxygen atoms in total. The second-order valence-corrected chi connectivity index (χ2v) is 5.37. The number of benzene rings is 1. The third kappa shape index (κ3) is 3.17. The van der Waals surface area contributed by atoms with Crippen LogP contribution in [0.2, 0.25) is 5.02 Å². The minimum atomic E-state index is -0.787. The summed E-state index contributed by atoms with van der Waals surface area (Å²) in [7, 11) is 0. The molecule has 2 aromatic rings. The zero-order valence-corrected chi connectivity index (χ0v) is 12.6. The summed E-state index contributed by atoms with van der Waals surface area (Å²) < 4.78 is 10.6. The fourth-order valence-electron chi connectivity index (χ4n) is 1.77. The van der Waals surface area contributed by atoms with Crippen molar-refractivity contribution in [1.82, 2.24) is 10.1 Å². The molecule has 0 bridgehead atoms. The van der Waals surface area contributed by atoms with Gasteiger partial charge in [-0.05, 0) is 38.5 Å². The number of aryl methyl sites for hydroxylation is 1. The van der Waals surface area contributed by atoms with Crippen molar-refractivity contribution in [3.05, 3.63) is 34.6 Å². The highest BCUT2D eigenvalue weighted by molar-refractivity contribution is 6.30. The minimum Gasteiger partial charge on any atom is -0.379 e. The molecule has 1 atom stereocenters. The van der Waals surface area contributed by atoms with Gasteiger partial charge < -0.3 is 15.0 Å². The molecule has 0 spiro atoms. The lowest BCUT2D eigenvalue weighted by molar-refractivity contribution is 0.0962. The molecular formula is C14H18ClN3O2. The summed E-state index contributed by atoms with van der Waals surface area (Å²) in [4.78, 5) is 4.37. The largest absolute Gasteiger partial charge is 0.379 e. The molecule has 20 heavy (non-hydrogen) atoms. The van der Waals surface area contributed by atoms with Crippen LogP contribution in [-0.2, 0) is 10.3 Å². The van der Waals surface area contributed by atoms with Crippen molar-refractivity contribution in [2.45, 2.75) is 26.3 Å². The number of nitrogens with zero attached hydrogens (tertiary/aromatic N) is 2. The molecule has 0 fully saturated rings. The van der Waals surface area contributed by atoms with Crippen LogP contribution in [0.3, 0.4) is 0 Å². The van der Waals surface area contributed by atoms with E-state index in [2.05, 4.69) is 10.1 Å². The number of ether oxygens (including phenoxy) is 1. The number of hydrogen-bond donors (Lipinski definition) is 1. The molecule has 6 heteroatoms. The highest BCUT2D eigenvalue weighted by atomic mass is 35.5. The van der Waals surface area contributed by atoms with Crippen molar-refractivity contribution in [2.24, 2.45) is 5.73 Å². The average Bonchev–Trinajstić information content (AvgIpc) is 2.89. The van der Waals surface area contributed by atoms with Gasteiger partial charge in [-0.15, -0.1) is 0 Å². The maximum Gasteiger partial charge on any atom is 0.258 e. The van der Waals surface area contributed by atoms with Crippen molar-refractivity contribution in [3.8, 4) is 11.5 Å². The molecule has 0 aliphatic carbocycles. The van der Waals surface area contributed by atoms with Crippen LogP contribution in [0.15, 0.2) is 22.7 Å². The van der Waals surface area contributed by atoms with Crippen LogP contribution in [0, 0.1) is 6.92 Å². The van der Waals surface area contributed by atoms with Crippen molar-refractivity contribution in [1.29, 1.82) is 0 Å². The Morgan fingerprint density at radius 2 is 2.20 bits per heavy atom. The third-order valence-corrected chi connectivity index (χ3v) is 3.21. The molecule has 1 aromatic carbocycles. The highest BCUT2D eigenvalue weighted by Crippen LogP contribution is 2.26. The molecule has 0 saturated carbocycles. The monoisotopic (exact) mass is 295 g/mol. The van der Waals surface area contributed by atoms with Crippen LogP contribution in [0.25, 0.3) is 11.5 Å². The summed E-state index contributed by atoms with van der Waals surface area (Å²) >= 11 is 6.00. The standard InChI is InChI=1S/C14H18ClN3O2/c1-4-19-8-14(3,16)13-17-12(20-18-13)11-7-10(15)6-5-9(11)2/h5-7H,4,8,16H2,1-3H3. The van der Waals surface area contributed by atoms with E-state index in [1.54, 1.807) is 6.07 Å². The van der Waals surface area contributed by atoms with Crippen LogP contribution in [0.1, 0.15) is 25.2 Å². The normalized spacial score (nSPS) is 14.2. The third-order valence-electron chi connectivity index (χ3n) is 2.97. The van der Waals surface area contributed by atoms with Gasteiger partial charge in [-0.3, -0.25) is 0 Å². The van der Waals surface area contributed by atoms with E-state index >= 15 is 0 Å². The molecule has 0 saturated heterocycles. The van der Waals surface area contributed by atoms with E-state index in [1.165, 1.54) is 0 Å². The first kappa shape index (κ1) is 15.0. The maximum absolute atomic E-state index is 6.15. The van der Waals surface area contributed by atoms with Gasteiger partial charge in [0, 0.05) is 17.2 Å². The molecule has 1 heterocycles. The quantitative estimate of drug-likeness (QED) is 0.918. The van der Waals surface area contributed by atoms with E-state index in [1.807, 2.05) is 32.9 Å². The van der Waals surface area contributed by atoms with Crippen LogP contribution in [0.5, 0.6) is 0 Å². The number of hydrogen-bond acceptors (Lipinski definition) is 5. The van der Waals surface area contributed by atoms with Crippen molar-refractivity contribution in [2.75, 3.05) is 13.2 Å². The average molecular weight is 296 g/mol.